The third-order valence-electron chi connectivity index (χ3n) is 0.691. The van der Waals surface area contributed by atoms with Gasteiger partial charge in [-0.2, -0.15) is 0 Å². The molecule has 0 saturated heterocycles. The van der Waals surface area contributed by atoms with E-state index >= 15 is 0 Å². The second kappa shape index (κ2) is 3.13. The Labute approximate surface area is 67.2 Å². The molecular weight excluding hydrogens is 192 g/mol. The molecule has 10 heteroatoms. The molecule has 6 nitrogen and oxygen atoms in total. The molecule has 0 aliphatic rings. The van der Waals surface area contributed by atoms with Crippen molar-refractivity contribution >= 4 is 34.0 Å². The summed E-state index contributed by atoms with van der Waals surface area (Å²) in [5, 5.41) is 0. The number of rotatable bonds is 3. The van der Waals surface area contributed by atoms with Crippen LogP contribution in [0.1, 0.15) is 0 Å². The van der Waals surface area contributed by atoms with Crippen molar-refractivity contribution in [2.75, 3.05) is 7.11 Å². The lowest BCUT2D eigenvalue weighted by Crippen LogP contribution is -2.35. The lowest BCUT2D eigenvalue weighted by molar-refractivity contribution is 0.0338. The Morgan fingerprint density at radius 1 is 1.09 bits per heavy atom. The second-order valence-corrected chi connectivity index (χ2v) is 5.70. The van der Waals surface area contributed by atoms with Gasteiger partial charge in [-0.15, -0.1) is 0 Å². The molecular formula is CH7B2NO5S2. The van der Waals surface area contributed by atoms with Crippen LogP contribution in [0.15, 0.2) is 0 Å². The van der Waals surface area contributed by atoms with E-state index in [4.69, 9.17) is 0 Å². The van der Waals surface area contributed by atoms with Crippen LogP contribution in [-0.4, -0.2) is 42.1 Å². The molecule has 0 rings (SSSR count). The van der Waals surface area contributed by atoms with Gasteiger partial charge in [-0.3, -0.25) is 4.84 Å². The summed E-state index contributed by atoms with van der Waals surface area (Å²) < 4.78 is 42.5. The average Bonchev–Trinajstić information content (AvgIpc) is 1.56. The minimum atomic E-state index is -3.85. The van der Waals surface area contributed by atoms with Gasteiger partial charge in [0.05, 0.1) is 7.11 Å². The van der Waals surface area contributed by atoms with Crippen molar-refractivity contribution in [3.05, 3.63) is 0 Å². The van der Waals surface area contributed by atoms with Crippen molar-refractivity contribution in [2.24, 2.45) is 0 Å². The molecule has 0 aliphatic carbocycles. The molecule has 0 atom stereocenters. The van der Waals surface area contributed by atoms with E-state index in [1.807, 2.05) is 0 Å². The Morgan fingerprint density at radius 2 is 1.36 bits per heavy atom. The fourth-order valence-corrected chi connectivity index (χ4v) is 3.03. The van der Waals surface area contributed by atoms with Crippen LogP contribution >= 0.6 is 0 Å². The van der Waals surface area contributed by atoms with E-state index in [9.17, 15) is 16.8 Å². The van der Waals surface area contributed by atoms with Gasteiger partial charge in [0, 0.05) is 3.87 Å². The van der Waals surface area contributed by atoms with Gasteiger partial charge in [0.2, 0.25) is 0 Å². The minimum Gasteiger partial charge on any atom is -0.275 e. The van der Waals surface area contributed by atoms with Crippen LogP contribution in [0.5, 0.6) is 0 Å². The predicted octanol–water partition coefficient (Wildman–Crippen LogP) is -3.39. The zero-order valence-electron chi connectivity index (χ0n) is 6.30. The van der Waals surface area contributed by atoms with Gasteiger partial charge in [0.25, 0.3) is 14.2 Å². The summed E-state index contributed by atoms with van der Waals surface area (Å²) in [5.74, 6) is 0. The Morgan fingerprint density at radius 3 is 1.36 bits per heavy atom. The molecule has 0 N–H and O–H groups in total. The van der Waals surface area contributed by atoms with E-state index in [0.29, 0.717) is 0 Å². The van der Waals surface area contributed by atoms with Crippen molar-refractivity contribution < 1.29 is 21.7 Å². The molecule has 0 aromatic carbocycles. The second-order valence-electron chi connectivity index (χ2n) is 1.87. The van der Waals surface area contributed by atoms with Gasteiger partial charge in [0.1, 0.15) is 0 Å². The van der Waals surface area contributed by atoms with Crippen LogP contribution < -0.4 is 0 Å². The topological polar surface area (TPSA) is 80.8 Å². The number of hydrogen-bond donors (Lipinski definition) is 0. The lowest BCUT2D eigenvalue weighted by atomic mass is 10.8. The summed E-state index contributed by atoms with van der Waals surface area (Å²) in [5.41, 5.74) is 0. The van der Waals surface area contributed by atoms with E-state index < -0.39 is 19.7 Å². The molecule has 0 spiro atoms. The average molecular weight is 199 g/mol. The predicted molar refractivity (Wildman–Crippen MR) is 43.8 cm³/mol. The van der Waals surface area contributed by atoms with Gasteiger partial charge in [-0.25, -0.2) is 16.8 Å². The third kappa shape index (κ3) is 3.23. The van der Waals surface area contributed by atoms with E-state index in [1.54, 1.807) is 0 Å². The summed E-state index contributed by atoms with van der Waals surface area (Å²) in [6, 6.07) is 0. The SMILES string of the molecule is BS(=O)(=O)N(OC)S(B)(=O)=O. The van der Waals surface area contributed by atoms with Crippen molar-refractivity contribution in [2.45, 2.75) is 0 Å². The Kier molecular flexibility index (Phi) is 3.12. The van der Waals surface area contributed by atoms with Crippen LogP contribution in [0.4, 0.5) is 0 Å². The first kappa shape index (κ1) is 10.9. The van der Waals surface area contributed by atoms with E-state index in [0.717, 1.165) is 21.4 Å². The molecule has 11 heavy (non-hydrogen) atoms. The third-order valence-corrected chi connectivity index (χ3v) is 3.70. The molecule has 0 aliphatic heterocycles. The molecule has 0 aromatic heterocycles. The van der Waals surface area contributed by atoms with Gasteiger partial charge in [-0.05, 0) is 0 Å². The summed E-state index contributed by atoms with van der Waals surface area (Å²) in [6.07, 6.45) is 0. The molecule has 0 bridgehead atoms. The summed E-state index contributed by atoms with van der Waals surface area (Å²) >= 11 is 0. The minimum absolute atomic E-state index is 0.0556. The van der Waals surface area contributed by atoms with Crippen LogP contribution in [0.25, 0.3) is 0 Å². The van der Waals surface area contributed by atoms with E-state index in [1.165, 1.54) is 0 Å². The standard InChI is InChI=1S/CH7B2NO5S2/c1-9-4(10(2,5)6)11(3,7)8/h2-3H2,1H3. The highest BCUT2D eigenvalue weighted by molar-refractivity contribution is 8.23. The highest BCUT2D eigenvalue weighted by Crippen LogP contribution is 2.01. The van der Waals surface area contributed by atoms with Crippen molar-refractivity contribution in [1.29, 1.82) is 0 Å². The first-order valence-electron chi connectivity index (χ1n) is 2.44. The monoisotopic (exact) mass is 199 g/mol. The number of nitrogens with zero attached hydrogens (tertiary/aromatic N) is 1. The van der Waals surface area contributed by atoms with Crippen LogP contribution in [0.2, 0.25) is 0 Å². The quantitative estimate of drug-likeness (QED) is 0.349. The van der Waals surface area contributed by atoms with Gasteiger partial charge in [0.15, 0.2) is 19.7 Å². The summed E-state index contributed by atoms with van der Waals surface area (Å²) in [6.45, 7) is 0. The molecule has 0 amide bonds. The fourth-order valence-electron chi connectivity index (χ4n) is 0.517. The largest absolute Gasteiger partial charge is 0.280 e. The number of hydrogen-bond acceptors (Lipinski definition) is 5. The van der Waals surface area contributed by atoms with Crippen molar-refractivity contribution in [3.63, 3.8) is 0 Å². The van der Waals surface area contributed by atoms with Crippen molar-refractivity contribution in [3.8, 4) is 0 Å². The van der Waals surface area contributed by atoms with Crippen LogP contribution in [0.3, 0.4) is 0 Å². The highest BCUT2D eigenvalue weighted by atomic mass is 32.3. The molecule has 0 heterocycles. The molecule has 0 saturated carbocycles. The summed E-state index contributed by atoms with van der Waals surface area (Å²) in [7, 11) is -5.27. The maximum atomic E-state index is 10.6. The van der Waals surface area contributed by atoms with Gasteiger partial charge < -0.3 is 0 Å². The maximum absolute atomic E-state index is 10.6. The van der Waals surface area contributed by atoms with E-state index in [-0.39, 0.29) is 3.87 Å². The van der Waals surface area contributed by atoms with Crippen molar-refractivity contribution in [1.82, 2.24) is 3.87 Å². The van der Waals surface area contributed by atoms with Gasteiger partial charge >= 0.3 is 0 Å². The molecule has 64 valence electrons. The zero-order valence-corrected chi connectivity index (χ0v) is 7.94. The van der Waals surface area contributed by atoms with Crippen LogP contribution in [-0.2, 0) is 24.6 Å². The van der Waals surface area contributed by atoms with Crippen LogP contribution in [0, 0.1) is 0 Å². The Balaban J connectivity index is 5.05. The molecule has 0 fully saturated rings. The highest BCUT2D eigenvalue weighted by Gasteiger charge is 2.25. The Hall–Kier alpha value is -0.0501. The molecule has 0 aromatic rings. The normalized spacial score (nSPS) is 13.6. The first-order valence-corrected chi connectivity index (χ1v) is 6.14. The zero-order chi connectivity index (χ0) is 9.28. The fraction of sp³-hybridized carbons (Fsp3) is 1.00. The van der Waals surface area contributed by atoms with E-state index in [2.05, 4.69) is 4.84 Å². The molecule has 0 radical (unpaired) electrons. The summed E-state index contributed by atoms with van der Waals surface area (Å²) in [4.78, 5) is 4.14. The smallest absolute Gasteiger partial charge is 0.275 e. The van der Waals surface area contributed by atoms with Gasteiger partial charge in [-0.1, -0.05) is 0 Å². The lowest BCUT2D eigenvalue weighted by Gasteiger charge is -2.14. The Bertz CT molecular complexity index is 284. The molecule has 0 unspecified atom stereocenters. The first-order chi connectivity index (χ1) is 4.69. The maximum Gasteiger partial charge on any atom is 0.280 e.